The van der Waals surface area contributed by atoms with Crippen molar-refractivity contribution in [2.75, 3.05) is 6.61 Å². The standard InChI is InChI=1S/C12H18FNO3S/c1-8-4-11(13)6-12(5-8)18(16,17)14-10(3)9(2)7-15/h4-6,9-10,14-15H,7H2,1-3H3. The summed E-state index contributed by atoms with van der Waals surface area (Å²) in [7, 11) is -3.76. The van der Waals surface area contributed by atoms with Gasteiger partial charge in [-0.2, -0.15) is 0 Å². The number of hydrogen-bond donors (Lipinski definition) is 2. The summed E-state index contributed by atoms with van der Waals surface area (Å²) in [5.74, 6) is -0.798. The highest BCUT2D eigenvalue weighted by Crippen LogP contribution is 2.15. The summed E-state index contributed by atoms with van der Waals surface area (Å²) < 4.78 is 39.6. The molecule has 2 atom stereocenters. The van der Waals surface area contributed by atoms with E-state index in [9.17, 15) is 12.8 Å². The molecule has 2 N–H and O–H groups in total. The molecule has 4 nitrogen and oxygen atoms in total. The Morgan fingerprint density at radius 2 is 1.94 bits per heavy atom. The van der Waals surface area contributed by atoms with Gasteiger partial charge in [-0.15, -0.1) is 0 Å². The Bertz CT molecular complexity index is 496. The lowest BCUT2D eigenvalue weighted by molar-refractivity contribution is 0.216. The third-order valence-electron chi connectivity index (χ3n) is 2.81. The topological polar surface area (TPSA) is 66.4 Å². The SMILES string of the molecule is Cc1cc(F)cc(S(=O)(=O)NC(C)C(C)CO)c1. The number of benzene rings is 1. The van der Waals surface area contributed by atoms with Crippen LogP contribution in [0.15, 0.2) is 23.1 Å². The van der Waals surface area contributed by atoms with Gasteiger partial charge in [-0.25, -0.2) is 17.5 Å². The number of nitrogens with one attached hydrogen (secondary N) is 1. The molecule has 2 unspecified atom stereocenters. The lowest BCUT2D eigenvalue weighted by Gasteiger charge is -2.19. The van der Waals surface area contributed by atoms with Gasteiger partial charge in [0, 0.05) is 12.6 Å². The van der Waals surface area contributed by atoms with Crippen LogP contribution in [0.25, 0.3) is 0 Å². The van der Waals surface area contributed by atoms with Gasteiger partial charge in [0.15, 0.2) is 0 Å². The first kappa shape index (κ1) is 15.1. The molecule has 0 fully saturated rings. The Hall–Kier alpha value is -0.980. The molecule has 6 heteroatoms. The molecule has 0 heterocycles. The Kier molecular flexibility index (Phi) is 4.84. The zero-order valence-electron chi connectivity index (χ0n) is 10.6. The monoisotopic (exact) mass is 275 g/mol. The summed E-state index contributed by atoms with van der Waals surface area (Å²) in [4.78, 5) is -0.100. The fourth-order valence-electron chi connectivity index (χ4n) is 1.44. The molecule has 0 aromatic heterocycles. The summed E-state index contributed by atoms with van der Waals surface area (Å²) in [6, 6.07) is 3.22. The van der Waals surface area contributed by atoms with Crippen LogP contribution < -0.4 is 4.72 Å². The highest BCUT2D eigenvalue weighted by atomic mass is 32.2. The predicted molar refractivity (Wildman–Crippen MR) is 67.2 cm³/mol. The number of hydrogen-bond acceptors (Lipinski definition) is 3. The van der Waals surface area contributed by atoms with E-state index in [0.717, 1.165) is 6.07 Å². The average Bonchev–Trinajstić information content (AvgIpc) is 2.26. The molecule has 0 bridgehead atoms. The van der Waals surface area contributed by atoms with Gasteiger partial charge in [0.05, 0.1) is 4.90 Å². The number of aliphatic hydroxyl groups excluding tert-OH is 1. The van der Waals surface area contributed by atoms with E-state index >= 15 is 0 Å². The first-order valence-electron chi connectivity index (χ1n) is 5.66. The van der Waals surface area contributed by atoms with Gasteiger partial charge >= 0.3 is 0 Å². The number of aliphatic hydroxyl groups is 1. The number of aryl methyl sites for hydroxylation is 1. The molecule has 0 aliphatic heterocycles. The van der Waals surface area contributed by atoms with Gasteiger partial charge in [0.2, 0.25) is 10.0 Å². The van der Waals surface area contributed by atoms with Crippen LogP contribution in [-0.4, -0.2) is 26.2 Å². The Labute approximate surface area is 107 Å². The van der Waals surface area contributed by atoms with E-state index in [-0.39, 0.29) is 17.4 Å². The van der Waals surface area contributed by atoms with Crippen molar-refractivity contribution in [2.45, 2.75) is 31.7 Å². The van der Waals surface area contributed by atoms with Crippen molar-refractivity contribution < 1.29 is 17.9 Å². The highest BCUT2D eigenvalue weighted by Gasteiger charge is 2.21. The fraction of sp³-hybridized carbons (Fsp3) is 0.500. The zero-order valence-corrected chi connectivity index (χ0v) is 11.5. The van der Waals surface area contributed by atoms with Gasteiger partial charge < -0.3 is 5.11 Å². The minimum atomic E-state index is -3.76. The predicted octanol–water partition coefficient (Wildman–Crippen LogP) is 1.43. The molecule has 0 radical (unpaired) electrons. The lowest BCUT2D eigenvalue weighted by Crippen LogP contribution is -2.38. The van der Waals surface area contributed by atoms with Crippen molar-refractivity contribution in [3.63, 3.8) is 0 Å². The van der Waals surface area contributed by atoms with Crippen molar-refractivity contribution in [3.8, 4) is 0 Å². The van der Waals surface area contributed by atoms with Crippen molar-refractivity contribution in [3.05, 3.63) is 29.6 Å². The largest absolute Gasteiger partial charge is 0.396 e. The van der Waals surface area contributed by atoms with Crippen LogP contribution in [0.5, 0.6) is 0 Å². The second-order valence-corrected chi connectivity index (χ2v) is 6.25. The summed E-state index contributed by atoms with van der Waals surface area (Å²) in [6.07, 6.45) is 0. The van der Waals surface area contributed by atoms with E-state index in [1.807, 2.05) is 0 Å². The number of sulfonamides is 1. The van der Waals surface area contributed by atoms with Crippen LogP contribution in [0.3, 0.4) is 0 Å². The Morgan fingerprint density at radius 1 is 1.33 bits per heavy atom. The van der Waals surface area contributed by atoms with Crippen molar-refractivity contribution >= 4 is 10.0 Å². The number of rotatable bonds is 5. The third kappa shape index (κ3) is 3.76. The van der Waals surface area contributed by atoms with Crippen LogP contribution >= 0.6 is 0 Å². The first-order chi connectivity index (χ1) is 8.26. The quantitative estimate of drug-likeness (QED) is 0.854. The smallest absolute Gasteiger partial charge is 0.240 e. The van der Waals surface area contributed by atoms with Gasteiger partial charge in [-0.05, 0) is 43.5 Å². The Morgan fingerprint density at radius 3 is 2.44 bits per heavy atom. The van der Waals surface area contributed by atoms with Crippen molar-refractivity contribution in [1.82, 2.24) is 4.72 Å². The fourth-order valence-corrected chi connectivity index (χ4v) is 2.91. The zero-order chi connectivity index (χ0) is 13.9. The van der Waals surface area contributed by atoms with Gasteiger partial charge in [0.1, 0.15) is 5.82 Å². The van der Waals surface area contributed by atoms with Crippen LogP contribution in [-0.2, 0) is 10.0 Å². The molecular formula is C12H18FNO3S. The minimum absolute atomic E-state index is 0.100. The average molecular weight is 275 g/mol. The second kappa shape index (κ2) is 5.77. The van der Waals surface area contributed by atoms with E-state index < -0.39 is 21.9 Å². The van der Waals surface area contributed by atoms with E-state index in [1.54, 1.807) is 20.8 Å². The van der Waals surface area contributed by atoms with Crippen LogP contribution in [0.4, 0.5) is 4.39 Å². The van der Waals surface area contributed by atoms with E-state index in [2.05, 4.69) is 4.72 Å². The maximum absolute atomic E-state index is 13.2. The lowest BCUT2D eigenvalue weighted by atomic mass is 10.1. The molecule has 0 saturated heterocycles. The second-order valence-electron chi connectivity index (χ2n) is 4.53. The summed E-state index contributed by atoms with van der Waals surface area (Å²) in [5.41, 5.74) is 0.540. The molecule has 0 spiro atoms. The molecule has 0 amide bonds. The van der Waals surface area contributed by atoms with Gasteiger partial charge in [-0.3, -0.25) is 0 Å². The maximum atomic E-state index is 13.2. The molecule has 1 rings (SSSR count). The molecular weight excluding hydrogens is 257 g/mol. The molecule has 0 aliphatic carbocycles. The van der Waals surface area contributed by atoms with E-state index in [1.165, 1.54) is 12.1 Å². The van der Waals surface area contributed by atoms with Crippen LogP contribution in [0, 0.1) is 18.7 Å². The van der Waals surface area contributed by atoms with Gasteiger partial charge in [0.25, 0.3) is 0 Å². The number of halogens is 1. The molecule has 102 valence electrons. The normalized spacial score (nSPS) is 15.4. The van der Waals surface area contributed by atoms with E-state index in [4.69, 9.17) is 5.11 Å². The summed E-state index contributed by atoms with van der Waals surface area (Å²) >= 11 is 0. The van der Waals surface area contributed by atoms with Crippen molar-refractivity contribution in [2.24, 2.45) is 5.92 Å². The minimum Gasteiger partial charge on any atom is -0.396 e. The first-order valence-corrected chi connectivity index (χ1v) is 7.15. The molecule has 18 heavy (non-hydrogen) atoms. The molecule has 0 saturated carbocycles. The Balaban J connectivity index is 2.99. The van der Waals surface area contributed by atoms with Crippen LogP contribution in [0.2, 0.25) is 0 Å². The van der Waals surface area contributed by atoms with Gasteiger partial charge in [-0.1, -0.05) is 6.92 Å². The summed E-state index contributed by atoms with van der Waals surface area (Å²) in [6.45, 7) is 4.89. The van der Waals surface area contributed by atoms with E-state index in [0.29, 0.717) is 5.56 Å². The third-order valence-corrected chi connectivity index (χ3v) is 4.35. The summed E-state index contributed by atoms with van der Waals surface area (Å²) in [5, 5.41) is 8.97. The maximum Gasteiger partial charge on any atom is 0.240 e. The van der Waals surface area contributed by atoms with Crippen LogP contribution in [0.1, 0.15) is 19.4 Å². The molecule has 0 aliphatic rings. The molecule has 1 aromatic rings. The highest BCUT2D eigenvalue weighted by molar-refractivity contribution is 7.89. The molecule has 1 aromatic carbocycles. The van der Waals surface area contributed by atoms with Crippen molar-refractivity contribution in [1.29, 1.82) is 0 Å².